The molecule has 1 aromatic carbocycles. The highest BCUT2D eigenvalue weighted by Gasteiger charge is 2.42. The van der Waals surface area contributed by atoms with Crippen LogP contribution in [0.25, 0.3) is 0 Å². The Bertz CT molecular complexity index is 719. The third kappa shape index (κ3) is 5.68. The van der Waals surface area contributed by atoms with Crippen LogP contribution in [0.15, 0.2) is 23.2 Å². The van der Waals surface area contributed by atoms with Gasteiger partial charge in [0.05, 0.1) is 20.3 Å². The zero-order valence-electron chi connectivity index (χ0n) is 16.8. The fraction of sp³-hybridized carbons (Fsp3) is 0.650. The van der Waals surface area contributed by atoms with Crippen molar-refractivity contribution in [1.82, 2.24) is 10.2 Å². The first-order chi connectivity index (χ1) is 13.8. The summed E-state index contributed by atoms with van der Waals surface area (Å²) in [5, 5.41) is 3.33. The van der Waals surface area contributed by atoms with Gasteiger partial charge in [-0.2, -0.15) is 13.2 Å². The van der Waals surface area contributed by atoms with E-state index in [4.69, 9.17) is 19.2 Å². The number of alkyl halides is 3. The first kappa shape index (κ1) is 21.5. The monoisotopic (exact) mass is 415 g/mol. The van der Waals surface area contributed by atoms with Crippen molar-refractivity contribution in [3.63, 3.8) is 0 Å². The Morgan fingerprint density at radius 3 is 2.79 bits per heavy atom. The van der Waals surface area contributed by atoms with Crippen molar-refractivity contribution in [1.29, 1.82) is 0 Å². The largest absolute Gasteiger partial charge is 0.493 e. The zero-order chi connectivity index (χ0) is 20.9. The number of nitrogens with zero attached hydrogens (tertiary/aromatic N) is 2. The Balaban J connectivity index is 1.67. The summed E-state index contributed by atoms with van der Waals surface area (Å²) < 4.78 is 52.8. The molecule has 1 unspecified atom stereocenters. The molecule has 0 amide bonds. The number of hydrogen-bond acceptors (Lipinski definition) is 4. The van der Waals surface area contributed by atoms with E-state index in [0.717, 1.165) is 57.2 Å². The Morgan fingerprint density at radius 2 is 2.14 bits per heavy atom. The van der Waals surface area contributed by atoms with E-state index in [2.05, 4.69) is 10.2 Å². The summed E-state index contributed by atoms with van der Waals surface area (Å²) in [6.45, 7) is 5.30. The molecule has 2 saturated heterocycles. The average molecular weight is 415 g/mol. The lowest BCUT2D eigenvalue weighted by Gasteiger charge is -2.25. The van der Waals surface area contributed by atoms with Crippen LogP contribution in [-0.4, -0.2) is 63.6 Å². The van der Waals surface area contributed by atoms with Crippen LogP contribution in [0.4, 0.5) is 13.2 Å². The van der Waals surface area contributed by atoms with Crippen molar-refractivity contribution >= 4 is 5.96 Å². The van der Waals surface area contributed by atoms with E-state index >= 15 is 0 Å². The van der Waals surface area contributed by atoms with Crippen LogP contribution >= 0.6 is 0 Å². The molecule has 0 aromatic heterocycles. The van der Waals surface area contributed by atoms with Gasteiger partial charge < -0.3 is 24.4 Å². The molecular weight excluding hydrogens is 387 g/mol. The highest BCUT2D eigenvalue weighted by atomic mass is 19.4. The van der Waals surface area contributed by atoms with Gasteiger partial charge in [0, 0.05) is 31.7 Å². The number of methoxy groups -OCH3 is 1. The van der Waals surface area contributed by atoms with Crippen LogP contribution < -0.4 is 14.8 Å². The lowest BCUT2D eigenvalue weighted by molar-refractivity contribution is -0.153. The molecule has 1 spiro atoms. The van der Waals surface area contributed by atoms with Gasteiger partial charge in [0.15, 0.2) is 24.1 Å². The molecule has 2 aliphatic rings. The number of aliphatic imine (C=N–C) groups is 1. The number of ether oxygens (including phenoxy) is 3. The summed E-state index contributed by atoms with van der Waals surface area (Å²) in [4.78, 5) is 6.99. The number of halogens is 3. The predicted molar refractivity (Wildman–Crippen MR) is 103 cm³/mol. The van der Waals surface area contributed by atoms with Crippen molar-refractivity contribution in [3.05, 3.63) is 23.8 Å². The maximum Gasteiger partial charge on any atom is 0.422 e. The summed E-state index contributed by atoms with van der Waals surface area (Å²) in [6, 6.07) is 4.86. The quantitative estimate of drug-likeness (QED) is 0.571. The molecule has 29 heavy (non-hydrogen) atoms. The Labute approximate surface area is 169 Å². The summed E-state index contributed by atoms with van der Waals surface area (Å²) in [6.07, 6.45) is -2.22. The van der Waals surface area contributed by atoms with Crippen LogP contribution in [0.2, 0.25) is 0 Å². The standard InChI is InChI=1S/C20H28F3N3O3/c1-3-24-18(26-8-6-19(12-26)7-9-28-13-19)25-11-15-4-5-16(17(10-15)27-2)29-14-20(21,22)23/h4-5,10H,3,6-9,11-14H2,1-2H3,(H,24,25). The van der Waals surface area contributed by atoms with E-state index in [1.54, 1.807) is 12.1 Å². The molecule has 0 radical (unpaired) electrons. The van der Waals surface area contributed by atoms with E-state index < -0.39 is 12.8 Å². The molecule has 2 fully saturated rings. The summed E-state index contributed by atoms with van der Waals surface area (Å²) in [5.74, 6) is 1.16. The highest BCUT2D eigenvalue weighted by molar-refractivity contribution is 5.80. The molecule has 2 heterocycles. The molecule has 0 saturated carbocycles. The maximum absolute atomic E-state index is 12.4. The van der Waals surface area contributed by atoms with E-state index in [1.807, 2.05) is 6.92 Å². The zero-order valence-corrected chi connectivity index (χ0v) is 16.8. The Hall–Kier alpha value is -2.16. The smallest absolute Gasteiger partial charge is 0.422 e. The fourth-order valence-electron chi connectivity index (χ4n) is 3.77. The van der Waals surface area contributed by atoms with Crippen LogP contribution in [0.5, 0.6) is 11.5 Å². The minimum Gasteiger partial charge on any atom is -0.493 e. The number of likely N-dealkylation sites (tertiary alicyclic amines) is 1. The lowest BCUT2D eigenvalue weighted by atomic mass is 9.87. The molecule has 162 valence electrons. The first-order valence-electron chi connectivity index (χ1n) is 9.82. The second-order valence-electron chi connectivity index (χ2n) is 7.53. The van der Waals surface area contributed by atoms with Crippen molar-refractivity contribution in [2.24, 2.45) is 10.4 Å². The highest BCUT2D eigenvalue weighted by Crippen LogP contribution is 2.38. The van der Waals surface area contributed by atoms with E-state index in [9.17, 15) is 13.2 Å². The molecular formula is C20H28F3N3O3. The van der Waals surface area contributed by atoms with E-state index in [-0.39, 0.29) is 16.9 Å². The van der Waals surface area contributed by atoms with Crippen LogP contribution in [-0.2, 0) is 11.3 Å². The van der Waals surface area contributed by atoms with Gasteiger partial charge in [0.25, 0.3) is 0 Å². The van der Waals surface area contributed by atoms with Gasteiger partial charge in [0.2, 0.25) is 0 Å². The predicted octanol–water partition coefficient (Wildman–Crippen LogP) is 3.21. The topological polar surface area (TPSA) is 55.3 Å². The van der Waals surface area contributed by atoms with Crippen molar-refractivity contribution in [2.75, 3.05) is 46.6 Å². The maximum atomic E-state index is 12.4. The van der Waals surface area contributed by atoms with E-state index in [1.165, 1.54) is 13.2 Å². The average Bonchev–Trinajstić information content (AvgIpc) is 3.33. The molecule has 0 bridgehead atoms. The summed E-state index contributed by atoms with van der Waals surface area (Å²) in [5.41, 5.74) is 1.06. The Morgan fingerprint density at radius 1 is 1.31 bits per heavy atom. The van der Waals surface area contributed by atoms with Gasteiger partial charge in [-0.15, -0.1) is 0 Å². The van der Waals surface area contributed by atoms with E-state index in [0.29, 0.717) is 6.54 Å². The number of rotatable bonds is 6. The van der Waals surface area contributed by atoms with Gasteiger partial charge in [-0.3, -0.25) is 0 Å². The van der Waals surface area contributed by atoms with Crippen LogP contribution in [0, 0.1) is 5.41 Å². The van der Waals surface area contributed by atoms with Gasteiger partial charge in [-0.05, 0) is 37.5 Å². The number of nitrogens with one attached hydrogen (secondary N) is 1. The molecule has 0 aliphatic carbocycles. The molecule has 1 atom stereocenters. The number of hydrogen-bond donors (Lipinski definition) is 1. The van der Waals surface area contributed by atoms with Crippen molar-refractivity contribution in [2.45, 2.75) is 32.5 Å². The Kier molecular flexibility index (Phi) is 6.77. The summed E-state index contributed by atoms with van der Waals surface area (Å²) >= 11 is 0. The number of guanidine groups is 1. The van der Waals surface area contributed by atoms with Gasteiger partial charge >= 0.3 is 6.18 Å². The minimum absolute atomic E-state index is 0.0622. The molecule has 6 nitrogen and oxygen atoms in total. The van der Waals surface area contributed by atoms with Crippen LogP contribution in [0.1, 0.15) is 25.3 Å². The van der Waals surface area contributed by atoms with Gasteiger partial charge in [-0.25, -0.2) is 4.99 Å². The molecule has 3 rings (SSSR count). The van der Waals surface area contributed by atoms with Crippen molar-refractivity contribution in [3.8, 4) is 11.5 Å². The normalized spacial score (nSPS) is 22.4. The van der Waals surface area contributed by atoms with Gasteiger partial charge in [-0.1, -0.05) is 6.07 Å². The fourth-order valence-corrected chi connectivity index (χ4v) is 3.77. The van der Waals surface area contributed by atoms with Crippen molar-refractivity contribution < 1.29 is 27.4 Å². The SMILES string of the molecule is CCNC(=NCc1ccc(OCC(F)(F)F)c(OC)c1)N1CCC2(CCOC2)C1. The molecule has 1 aromatic rings. The molecule has 9 heteroatoms. The molecule has 1 N–H and O–H groups in total. The number of benzene rings is 1. The summed E-state index contributed by atoms with van der Waals surface area (Å²) in [7, 11) is 1.40. The third-order valence-electron chi connectivity index (χ3n) is 5.29. The lowest BCUT2D eigenvalue weighted by Crippen LogP contribution is -2.41. The van der Waals surface area contributed by atoms with Crippen LogP contribution in [0.3, 0.4) is 0 Å². The molecule has 2 aliphatic heterocycles. The second-order valence-corrected chi connectivity index (χ2v) is 7.53. The second kappa shape index (κ2) is 9.11. The first-order valence-corrected chi connectivity index (χ1v) is 9.82. The minimum atomic E-state index is -4.40. The van der Waals surface area contributed by atoms with Gasteiger partial charge in [0.1, 0.15) is 0 Å². The third-order valence-corrected chi connectivity index (χ3v) is 5.29.